The Kier molecular flexibility index (Phi) is 3.61. The fourth-order valence-electron chi connectivity index (χ4n) is 3.23. The number of aliphatic hydroxyl groups is 1. The summed E-state index contributed by atoms with van der Waals surface area (Å²) in [4.78, 5) is 14.5. The summed E-state index contributed by atoms with van der Waals surface area (Å²) in [7, 11) is 0. The summed E-state index contributed by atoms with van der Waals surface area (Å²) in [6, 6.07) is 12.0. The first-order valence-electron chi connectivity index (χ1n) is 8.18. The van der Waals surface area contributed by atoms with E-state index in [2.05, 4.69) is 5.10 Å². The number of para-hydroxylation sites is 1. The molecule has 1 aromatic carbocycles. The third kappa shape index (κ3) is 2.59. The van der Waals surface area contributed by atoms with E-state index >= 15 is 0 Å². The van der Waals surface area contributed by atoms with Crippen molar-refractivity contribution in [3.8, 4) is 0 Å². The minimum atomic E-state index is -0.585. The minimum Gasteiger partial charge on any atom is -0.387 e. The molecule has 0 saturated carbocycles. The van der Waals surface area contributed by atoms with Gasteiger partial charge in [0.05, 0.1) is 30.6 Å². The van der Waals surface area contributed by atoms with Crippen LogP contribution in [-0.4, -0.2) is 36.8 Å². The first-order valence-corrected chi connectivity index (χ1v) is 8.18. The van der Waals surface area contributed by atoms with Gasteiger partial charge >= 0.3 is 0 Å². The van der Waals surface area contributed by atoms with Crippen molar-refractivity contribution in [3.05, 3.63) is 54.0 Å². The van der Waals surface area contributed by atoms with E-state index in [1.807, 2.05) is 56.7 Å². The lowest BCUT2D eigenvalue weighted by molar-refractivity contribution is -0.133. The minimum absolute atomic E-state index is 0.0994. The number of aliphatic hydroxyl groups excluding tert-OH is 1. The topological polar surface area (TPSA) is 63.3 Å². The number of nitrogens with zero attached hydrogens (tertiary/aromatic N) is 4. The van der Waals surface area contributed by atoms with Crippen LogP contribution in [0.2, 0.25) is 0 Å². The Labute approximate surface area is 139 Å². The van der Waals surface area contributed by atoms with Crippen LogP contribution in [0.5, 0.6) is 0 Å². The van der Waals surface area contributed by atoms with E-state index in [-0.39, 0.29) is 5.91 Å². The van der Waals surface area contributed by atoms with Crippen molar-refractivity contribution >= 4 is 16.8 Å². The lowest BCUT2D eigenvalue weighted by atomic mass is 10.2. The summed E-state index contributed by atoms with van der Waals surface area (Å²) in [5.74, 6) is 0.0994. The molecule has 1 aliphatic rings. The van der Waals surface area contributed by atoms with Crippen molar-refractivity contribution < 1.29 is 9.90 Å². The van der Waals surface area contributed by atoms with Gasteiger partial charge < -0.3 is 14.6 Å². The van der Waals surface area contributed by atoms with Crippen LogP contribution in [0.15, 0.2) is 42.6 Å². The maximum Gasteiger partial charge on any atom is 0.242 e. The van der Waals surface area contributed by atoms with Gasteiger partial charge in [-0.15, -0.1) is 0 Å². The normalized spacial score (nSPS) is 15.5. The molecule has 0 unspecified atom stereocenters. The summed E-state index contributed by atoms with van der Waals surface area (Å²) in [6.45, 7) is 3.89. The fraction of sp³-hybridized carbons (Fsp3) is 0.333. The third-order valence-corrected chi connectivity index (χ3v) is 4.58. The summed E-state index contributed by atoms with van der Waals surface area (Å²) in [5, 5.41) is 15.2. The number of amides is 1. The van der Waals surface area contributed by atoms with Gasteiger partial charge in [-0.3, -0.25) is 9.48 Å². The first-order chi connectivity index (χ1) is 11.6. The summed E-state index contributed by atoms with van der Waals surface area (Å²) >= 11 is 0. The number of carbonyl (C=O) groups is 1. The predicted molar refractivity (Wildman–Crippen MR) is 90.2 cm³/mol. The highest BCUT2D eigenvalue weighted by molar-refractivity contribution is 5.83. The Morgan fingerprint density at radius 2 is 2.12 bits per heavy atom. The van der Waals surface area contributed by atoms with Gasteiger partial charge in [0.1, 0.15) is 6.54 Å². The molecule has 124 valence electrons. The van der Waals surface area contributed by atoms with Gasteiger partial charge in [0.25, 0.3) is 0 Å². The predicted octanol–water partition coefficient (Wildman–Crippen LogP) is 1.93. The Hall–Kier alpha value is -2.60. The van der Waals surface area contributed by atoms with E-state index in [0.29, 0.717) is 31.9 Å². The zero-order valence-electron chi connectivity index (χ0n) is 13.6. The number of benzene rings is 1. The van der Waals surface area contributed by atoms with Crippen LogP contribution in [0, 0.1) is 0 Å². The summed E-state index contributed by atoms with van der Waals surface area (Å²) in [5.41, 5.74) is 2.71. The molecule has 0 spiro atoms. The number of rotatable bonds is 3. The molecule has 3 heterocycles. The SMILES string of the molecule is C[C@@H](O)c1cc2n(n1)CCN(C(=O)Cn1ccc3ccccc31)C2. The van der Waals surface area contributed by atoms with Crippen molar-refractivity contribution in [2.45, 2.75) is 32.7 Å². The van der Waals surface area contributed by atoms with E-state index in [0.717, 1.165) is 16.6 Å². The van der Waals surface area contributed by atoms with E-state index < -0.39 is 6.10 Å². The third-order valence-electron chi connectivity index (χ3n) is 4.58. The highest BCUT2D eigenvalue weighted by Gasteiger charge is 2.23. The molecule has 6 nitrogen and oxygen atoms in total. The van der Waals surface area contributed by atoms with Crippen LogP contribution in [0.25, 0.3) is 10.9 Å². The zero-order valence-corrected chi connectivity index (χ0v) is 13.6. The van der Waals surface area contributed by atoms with Gasteiger partial charge in [-0.05, 0) is 30.5 Å². The van der Waals surface area contributed by atoms with Crippen LogP contribution in [0.3, 0.4) is 0 Å². The zero-order chi connectivity index (χ0) is 16.7. The molecule has 24 heavy (non-hydrogen) atoms. The van der Waals surface area contributed by atoms with Crippen LogP contribution in [-0.2, 0) is 24.4 Å². The first kappa shape index (κ1) is 15.0. The smallest absolute Gasteiger partial charge is 0.242 e. The van der Waals surface area contributed by atoms with Gasteiger partial charge in [0, 0.05) is 18.3 Å². The number of fused-ring (bicyclic) bond motifs is 2. The van der Waals surface area contributed by atoms with Crippen LogP contribution < -0.4 is 0 Å². The van der Waals surface area contributed by atoms with Gasteiger partial charge in [0.2, 0.25) is 5.91 Å². The molecule has 6 heteroatoms. The lowest BCUT2D eigenvalue weighted by Crippen LogP contribution is -2.40. The van der Waals surface area contributed by atoms with Crippen LogP contribution in [0.4, 0.5) is 0 Å². The molecule has 0 fully saturated rings. The number of hydrogen-bond donors (Lipinski definition) is 1. The van der Waals surface area contributed by atoms with Gasteiger partial charge in [0.15, 0.2) is 0 Å². The Balaban J connectivity index is 1.51. The van der Waals surface area contributed by atoms with Crippen molar-refractivity contribution in [2.24, 2.45) is 0 Å². The Morgan fingerprint density at radius 3 is 2.96 bits per heavy atom. The fourth-order valence-corrected chi connectivity index (χ4v) is 3.23. The summed E-state index contributed by atoms with van der Waals surface area (Å²) in [6.07, 6.45) is 1.38. The molecule has 1 amide bonds. The van der Waals surface area contributed by atoms with E-state index in [1.165, 1.54) is 0 Å². The van der Waals surface area contributed by atoms with Crippen LogP contribution in [0.1, 0.15) is 24.4 Å². The second-order valence-electron chi connectivity index (χ2n) is 6.28. The average Bonchev–Trinajstić information content (AvgIpc) is 3.18. The molecular formula is C18H20N4O2. The molecule has 0 aliphatic carbocycles. The maximum absolute atomic E-state index is 12.7. The quantitative estimate of drug-likeness (QED) is 0.801. The molecule has 3 aromatic rings. The summed E-state index contributed by atoms with van der Waals surface area (Å²) < 4.78 is 3.88. The highest BCUT2D eigenvalue weighted by Crippen LogP contribution is 2.19. The van der Waals surface area contributed by atoms with Gasteiger partial charge in [-0.1, -0.05) is 18.2 Å². The maximum atomic E-state index is 12.7. The molecular weight excluding hydrogens is 304 g/mol. The van der Waals surface area contributed by atoms with Crippen LogP contribution >= 0.6 is 0 Å². The highest BCUT2D eigenvalue weighted by atomic mass is 16.3. The molecule has 1 aliphatic heterocycles. The van der Waals surface area contributed by atoms with E-state index in [4.69, 9.17) is 0 Å². The van der Waals surface area contributed by atoms with Gasteiger partial charge in [-0.25, -0.2) is 0 Å². The molecule has 0 saturated heterocycles. The number of aromatic nitrogens is 3. The largest absolute Gasteiger partial charge is 0.387 e. The number of carbonyl (C=O) groups excluding carboxylic acids is 1. The van der Waals surface area contributed by atoms with Gasteiger partial charge in [-0.2, -0.15) is 5.10 Å². The lowest BCUT2D eigenvalue weighted by Gasteiger charge is -2.28. The van der Waals surface area contributed by atoms with E-state index in [9.17, 15) is 9.90 Å². The monoisotopic (exact) mass is 324 g/mol. The average molecular weight is 324 g/mol. The standard InChI is InChI=1S/C18H20N4O2/c1-13(23)16-10-15-11-21(8-9-22(15)19-16)18(24)12-20-7-6-14-4-2-3-5-17(14)20/h2-7,10,13,23H,8-9,11-12H2,1H3/t13-/m1/s1. The molecule has 0 radical (unpaired) electrons. The van der Waals surface area contributed by atoms with E-state index in [1.54, 1.807) is 6.92 Å². The number of hydrogen-bond acceptors (Lipinski definition) is 3. The molecule has 1 N–H and O–H groups in total. The Bertz CT molecular complexity index is 893. The molecule has 0 bridgehead atoms. The van der Waals surface area contributed by atoms with Crippen molar-refractivity contribution in [2.75, 3.05) is 6.54 Å². The van der Waals surface area contributed by atoms with Crippen molar-refractivity contribution in [1.29, 1.82) is 0 Å². The van der Waals surface area contributed by atoms with Crippen molar-refractivity contribution in [1.82, 2.24) is 19.2 Å². The molecule has 1 atom stereocenters. The van der Waals surface area contributed by atoms with Crippen molar-refractivity contribution in [3.63, 3.8) is 0 Å². The second kappa shape index (κ2) is 5.79. The molecule has 4 rings (SSSR count). The molecule has 2 aromatic heterocycles. The Morgan fingerprint density at radius 1 is 1.29 bits per heavy atom. The second-order valence-corrected chi connectivity index (χ2v) is 6.28.